The van der Waals surface area contributed by atoms with Crippen LogP contribution in [0.2, 0.25) is 0 Å². The molecule has 6 rings (SSSR count). The molecule has 2 N–H and O–H groups in total. The summed E-state index contributed by atoms with van der Waals surface area (Å²) in [5.41, 5.74) is 2.60. The quantitative estimate of drug-likeness (QED) is 0.270. The number of ketones is 1. The summed E-state index contributed by atoms with van der Waals surface area (Å²) in [6.45, 7) is 16.1. The Labute approximate surface area is 265 Å². The van der Waals surface area contributed by atoms with Gasteiger partial charge in [0.1, 0.15) is 5.41 Å². The number of carboxylic acids is 1. The van der Waals surface area contributed by atoms with E-state index in [1.165, 1.54) is 5.57 Å². The summed E-state index contributed by atoms with van der Waals surface area (Å²) in [6.07, 6.45) is 10.2. The summed E-state index contributed by atoms with van der Waals surface area (Å²) in [5, 5.41) is 22.1. The Hall–Kier alpha value is -2.40. The van der Waals surface area contributed by atoms with Crippen molar-refractivity contribution in [2.75, 3.05) is 19.0 Å². The topological polar surface area (TPSA) is 77.8 Å². The molecule has 0 heterocycles. The molecule has 240 valence electrons. The SMILES string of the molecule is CN(C)c1ccc(/C=C2\C[C@]3(C)[C@H]4CC=C5[C@@H]6CC(C)(C)C[C@@H](O)[C@]6(C(=O)O)CC[C@@]5(C)[C@]4(C)CC[C@H]3C(C)(C)C2=O)cc1. The van der Waals surface area contributed by atoms with Gasteiger partial charge in [-0.05, 0) is 120 Å². The van der Waals surface area contributed by atoms with E-state index < -0.39 is 22.9 Å². The molecule has 5 nitrogen and oxygen atoms in total. The molecular weight excluding hydrogens is 546 g/mol. The molecule has 0 bridgehead atoms. The van der Waals surface area contributed by atoms with Gasteiger partial charge in [-0.2, -0.15) is 0 Å². The predicted octanol–water partition coefficient (Wildman–Crippen LogP) is 8.17. The monoisotopic (exact) mass is 601 g/mol. The van der Waals surface area contributed by atoms with Crippen LogP contribution in [-0.4, -0.2) is 42.2 Å². The van der Waals surface area contributed by atoms with Crippen molar-refractivity contribution in [3.63, 3.8) is 0 Å². The molecule has 1 aromatic carbocycles. The number of aliphatic carboxylic acids is 1. The number of fused-ring (bicyclic) bond motifs is 7. The molecule has 0 aliphatic heterocycles. The van der Waals surface area contributed by atoms with Gasteiger partial charge in [0.2, 0.25) is 0 Å². The van der Waals surface area contributed by atoms with Crippen LogP contribution in [0.25, 0.3) is 6.08 Å². The van der Waals surface area contributed by atoms with E-state index in [-0.39, 0.29) is 27.6 Å². The molecule has 4 saturated carbocycles. The standard InChI is InChI=1S/C39H55NO4/c1-34(2)22-28-27-14-15-30-36(5)21-25(20-24-10-12-26(13-11-24)40(8)9)32(42)35(3,4)29(36)16-17-38(30,7)37(27,6)18-19-39(28,33(43)44)31(41)23-34/h10-14,20,28-31,41H,15-19,21-23H2,1-9H3,(H,43,44)/b25-20+/t28-,29-,30+,31+,36-,37+,38+,39-/m0/s1. The van der Waals surface area contributed by atoms with Crippen LogP contribution >= 0.6 is 0 Å². The first kappa shape index (κ1) is 31.6. The minimum atomic E-state index is -1.09. The van der Waals surface area contributed by atoms with Crippen LogP contribution in [0.1, 0.15) is 105 Å². The average molecular weight is 602 g/mol. The first-order valence-corrected chi connectivity index (χ1v) is 17.0. The number of carbonyl (C=O) groups excluding carboxylic acids is 1. The Morgan fingerprint density at radius 3 is 2.20 bits per heavy atom. The van der Waals surface area contributed by atoms with E-state index in [0.717, 1.165) is 55.3 Å². The first-order chi connectivity index (χ1) is 20.3. The molecule has 0 amide bonds. The summed E-state index contributed by atoms with van der Waals surface area (Å²) in [6, 6.07) is 8.47. The van der Waals surface area contributed by atoms with Crippen LogP contribution in [0.4, 0.5) is 5.69 Å². The van der Waals surface area contributed by atoms with Gasteiger partial charge in [0.15, 0.2) is 5.78 Å². The number of anilines is 1. The number of aliphatic hydroxyl groups excluding tert-OH is 1. The van der Waals surface area contributed by atoms with E-state index in [9.17, 15) is 19.8 Å². The number of allylic oxidation sites excluding steroid dienone is 3. The molecule has 0 aromatic heterocycles. The van der Waals surface area contributed by atoms with Gasteiger partial charge in [-0.25, -0.2) is 0 Å². The molecule has 5 aliphatic carbocycles. The second-order valence-corrected chi connectivity index (χ2v) is 17.7. The number of hydrogen-bond acceptors (Lipinski definition) is 4. The third-order valence-electron chi connectivity index (χ3n) is 14.4. The highest BCUT2D eigenvalue weighted by molar-refractivity contribution is 6.04. The van der Waals surface area contributed by atoms with Gasteiger partial charge in [-0.1, -0.05) is 72.2 Å². The summed E-state index contributed by atoms with van der Waals surface area (Å²) >= 11 is 0. The fourth-order valence-electron chi connectivity index (χ4n) is 11.9. The van der Waals surface area contributed by atoms with Gasteiger partial charge in [0.05, 0.1) is 6.10 Å². The van der Waals surface area contributed by atoms with E-state index in [1.807, 2.05) is 14.1 Å². The summed E-state index contributed by atoms with van der Waals surface area (Å²) in [5.74, 6) is 0.00160. The molecular formula is C39H55NO4. The van der Waals surface area contributed by atoms with E-state index in [1.54, 1.807) is 0 Å². The Balaban J connectivity index is 1.43. The van der Waals surface area contributed by atoms with Gasteiger partial charge in [-0.3, -0.25) is 9.59 Å². The number of benzene rings is 1. The predicted molar refractivity (Wildman–Crippen MR) is 177 cm³/mol. The number of Topliss-reactive ketones (excluding diaryl/α,β-unsaturated/α-hetero) is 1. The minimum absolute atomic E-state index is 0.0194. The van der Waals surface area contributed by atoms with Crippen molar-refractivity contribution in [2.24, 2.45) is 50.2 Å². The molecule has 0 unspecified atom stereocenters. The lowest BCUT2D eigenvalue weighted by molar-refractivity contribution is -0.197. The number of rotatable bonds is 3. The molecule has 44 heavy (non-hydrogen) atoms. The van der Waals surface area contributed by atoms with Crippen molar-refractivity contribution in [3.8, 4) is 0 Å². The zero-order valence-electron chi connectivity index (χ0n) is 28.6. The summed E-state index contributed by atoms with van der Waals surface area (Å²) in [4.78, 5) is 29.2. The molecule has 1 aromatic rings. The zero-order chi connectivity index (χ0) is 32.3. The highest BCUT2D eigenvalue weighted by atomic mass is 16.4. The Kier molecular flexibility index (Phi) is 7.03. The number of carboxylic acid groups (broad SMARTS) is 1. The maximum Gasteiger partial charge on any atom is 0.312 e. The molecule has 0 radical (unpaired) electrons. The van der Waals surface area contributed by atoms with Gasteiger partial charge in [-0.15, -0.1) is 0 Å². The summed E-state index contributed by atoms with van der Waals surface area (Å²) < 4.78 is 0. The third kappa shape index (κ3) is 4.12. The van der Waals surface area contributed by atoms with Gasteiger partial charge in [0, 0.05) is 25.2 Å². The number of nitrogens with zero attached hydrogens (tertiary/aromatic N) is 1. The van der Waals surface area contributed by atoms with Crippen molar-refractivity contribution in [1.29, 1.82) is 0 Å². The largest absolute Gasteiger partial charge is 0.481 e. The maximum absolute atomic E-state index is 14.1. The van der Waals surface area contributed by atoms with Crippen LogP contribution in [0.15, 0.2) is 41.5 Å². The lowest BCUT2D eigenvalue weighted by Crippen LogP contribution is -2.66. The number of carbonyl (C=O) groups is 2. The van der Waals surface area contributed by atoms with Crippen molar-refractivity contribution in [3.05, 3.63) is 47.1 Å². The Bertz CT molecular complexity index is 1430. The van der Waals surface area contributed by atoms with Gasteiger partial charge < -0.3 is 15.1 Å². The highest BCUT2D eigenvalue weighted by Crippen LogP contribution is 2.75. The van der Waals surface area contributed by atoms with Crippen molar-refractivity contribution >= 4 is 23.5 Å². The highest BCUT2D eigenvalue weighted by Gasteiger charge is 2.71. The Morgan fingerprint density at radius 1 is 0.932 bits per heavy atom. The van der Waals surface area contributed by atoms with Crippen molar-refractivity contribution in [2.45, 2.75) is 106 Å². The smallest absolute Gasteiger partial charge is 0.312 e. The minimum Gasteiger partial charge on any atom is -0.481 e. The van der Waals surface area contributed by atoms with Crippen molar-refractivity contribution < 1.29 is 19.8 Å². The number of hydrogen-bond donors (Lipinski definition) is 2. The molecule has 0 saturated heterocycles. The normalized spacial score (nSPS) is 43.2. The molecule has 5 heteroatoms. The molecule has 5 aliphatic rings. The fourth-order valence-corrected chi connectivity index (χ4v) is 11.9. The van der Waals surface area contributed by atoms with Crippen LogP contribution < -0.4 is 4.90 Å². The molecule has 0 spiro atoms. The zero-order valence-corrected chi connectivity index (χ0v) is 28.6. The fraction of sp³-hybridized carbons (Fsp3) is 0.692. The van der Waals surface area contributed by atoms with E-state index >= 15 is 0 Å². The van der Waals surface area contributed by atoms with E-state index in [2.05, 4.69) is 89.8 Å². The molecule has 8 atom stereocenters. The second-order valence-electron chi connectivity index (χ2n) is 17.7. The van der Waals surface area contributed by atoms with Crippen LogP contribution in [0.3, 0.4) is 0 Å². The maximum atomic E-state index is 14.1. The first-order valence-electron chi connectivity index (χ1n) is 17.0. The number of aliphatic hydroxyl groups is 1. The third-order valence-corrected chi connectivity index (χ3v) is 14.4. The van der Waals surface area contributed by atoms with E-state index in [4.69, 9.17) is 0 Å². The Morgan fingerprint density at radius 2 is 1.59 bits per heavy atom. The van der Waals surface area contributed by atoms with Crippen LogP contribution in [0, 0.1) is 50.2 Å². The van der Waals surface area contributed by atoms with Crippen LogP contribution in [0.5, 0.6) is 0 Å². The molecule has 4 fully saturated rings. The van der Waals surface area contributed by atoms with Gasteiger partial charge >= 0.3 is 5.97 Å². The summed E-state index contributed by atoms with van der Waals surface area (Å²) in [7, 11) is 4.08. The lowest BCUT2D eigenvalue weighted by Gasteiger charge is -2.70. The second kappa shape index (κ2) is 9.80. The van der Waals surface area contributed by atoms with Crippen molar-refractivity contribution in [1.82, 2.24) is 0 Å². The average Bonchev–Trinajstić information content (AvgIpc) is 2.91. The van der Waals surface area contributed by atoms with Gasteiger partial charge in [0.25, 0.3) is 0 Å². The lowest BCUT2D eigenvalue weighted by atomic mass is 9.33. The van der Waals surface area contributed by atoms with Crippen LogP contribution in [-0.2, 0) is 9.59 Å². The van der Waals surface area contributed by atoms with E-state index in [0.29, 0.717) is 30.5 Å².